The summed E-state index contributed by atoms with van der Waals surface area (Å²) in [5.41, 5.74) is 17.4. The van der Waals surface area contributed by atoms with Gasteiger partial charge in [0.1, 0.15) is 22.3 Å². The molecular weight excluding hydrogens is 747 g/mol. The van der Waals surface area contributed by atoms with Gasteiger partial charge in [-0.1, -0.05) is 129 Å². The maximum absolute atomic E-state index is 6.64. The minimum Gasteiger partial charge on any atom is -0.456 e. The summed E-state index contributed by atoms with van der Waals surface area (Å²) in [6.45, 7) is 6.77. The Hall–Kier alpha value is -7.76. The highest BCUT2D eigenvalue weighted by Gasteiger charge is 2.36. The third-order valence-corrected chi connectivity index (χ3v) is 12.7. The van der Waals surface area contributed by atoms with E-state index in [1.165, 1.54) is 22.3 Å². The van der Waals surface area contributed by atoms with Crippen LogP contribution in [0, 0.1) is 6.92 Å². The van der Waals surface area contributed by atoms with E-state index in [-0.39, 0.29) is 5.41 Å². The van der Waals surface area contributed by atoms with Crippen molar-refractivity contribution in [1.82, 2.24) is 9.97 Å². The Morgan fingerprint density at radius 1 is 0.410 bits per heavy atom. The molecule has 5 nitrogen and oxygen atoms in total. The van der Waals surface area contributed by atoms with Crippen LogP contribution in [-0.4, -0.2) is 9.97 Å². The molecular formula is C56H39N3O2. The summed E-state index contributed by atoms with van der Waals surface area (Å²) >= 11 is 0. The second-order valence-electron chi connectivity index (χ2n) is 16.6. The second kappa shape index (κ2) is 13.4. The lowest BCUT2D eigenvalue weighted by Gasteiger charge is -2.28. The van der Waals surface area contributed by atoms with Crippen molar-refractivity contribution in [3.8, 4) is 45.0 Å². The van der Waals surface area contributed by atoms with Crippen LogP contribution in [0.4, 0.5) is 17.1 Å². The molecule has 0 bridgehead atoms. The fourth-order valence-electron chi connectivity index (χ4n) is 9.58. The molecule has 290 valence electrons. The van der Waals surface area contributed by atoms with E-state index in [1.807, 2.05) is 24.3 Å². The lowest BCUT2D eigenvalue weighted by atomic mass is 9.82. The van der Waals surface area contributed by atoms with Gasteiger partial charge in [0.15, 0.2) is 5.82 Å². The third kappa shape index (κ3) is 5.54. The van der Waals surface area contributed by atoms with Crippen molar-refractivity contribution in [2.45, 2.75) is 26.2 Å². The SMILES string of the molecule is Cc1c(-c2ccccc2)nc(-c2ccc3c(c2)oc2ccc(N(c4ccc5c(c4)C(C)(C)c4ccccc4-5)c4ccc5c(c4)oc4ccccc45)cc23)nc1-c1ccccc1. The quantitative estimate of drug-likeness (QED) is 0.168. The fourth-order valence-corrected chi connectivity index (χ4v) is 9.58. The Morgan fingerprint density at radius 2 is 0.951 bits per heavy atom. The Kier molecular flexibility index (Phi) is 7.72. The van der Waals surface area contributed by atoms with Crippen LogP contribution in [0.25, 0.3) is 88.9 Å². The molecule has 8 aromatic carbocycles. The number of furan rings is 2. The number of aromatic nitrogens is 2. The molecule has 0 aliphatic heterocycles. The van der Waals surface area contributed by atoms with Gasteiger partial charge in [-0.2, -0.15) is 0 Å². The first kappa shape index (κ1) is 35.2. The van der Waals surface area contributed by atoms with E-state index in [0.29, 0.717) is 5.82 Å². The summed E-state index contributed by atoms with van der Waals surface area (Å²) in [5, 5.41) is 4.27. The number of anilines is 3. The van der Waals surface area contributed by atoms with Crippen molar-refractivity contribution in [3.63, 3.8) is 0 Å². The molecule has 0 amide bonds. The number of hydrogen-bond acceptors (Lipinski definition) is 5. The van der Waals surface area contributed by atoms with Crippen molar-refractivity contribution < 1.29 is 8.83 Å². The standard InChI is InChI=1S/C56H39N3O2/c1-34-53(35-14-6-4-7-15-35)57-55(58-54(34)36-16-8-5-9-17-36)37-22-26-45-46-31-38(25-29-50(46)61-51(45)30-37)59(40-24-28-44-43-19-11-13-21-49(43)60-52(44)33-40)39-23-27-42-41-18-10-12-20-47(41)56(2,3)48(42)32-39/h4-33H,1-3H3. The van der Waals surface area contributed by atoms with E-state index in [1.54, 1.807) is 0 Å². The molecule has 0 unspecified atom stereocenters. The molecule has 12 rings (SSSR count). The second-order valence-corrected chi connectivity index (χ2v) is 16.6. The Morgan fingerprint density at radius 3 is 1.72 bits per heavy atom. The van der Waals surface area contributed by atoms with E-state index >= 15 is 0 Å². The molecule has 0 spiro atoms. The van der Waals surface area contributed by atoms with Gasteiger partial charge < -0.3 is 13.7 Å². The van der Waals surface area contributed by atoms with Gasteiger partial charge in [-0.3, -0.25) is 0 Å². The summed E-state index contributed by atoms with van der Waals surface area (Å²) in [6, 6.07) is 64.0. The van der Waals surface area contributed by atoms with Crippen molar-refractivity contribution >= 4 is 60.9 Å². The van der Waals surface area contributed by atoms with Crippen LogP contribution in [-0.2, 0) is 5.41 Å². The highest BCUT2D eigenvalue weighted by molar-refractivity contribution is 6.09. The molecule has 0 atom stereocenters. The van der Waals surface area contributed by atoms with Gasteiger partial charge in [0, 0.05) is 72.3 Å². The maximum Gasteiger partial charge on any atom is 0.160 e. The molecule has 0 fully saturated rings. The number of nitrogens with zero attached hydrogens (tertiary/aromatic N) is 3. The van der Waals surface area contributed by atoms with Crippen LogP contribution in [0.15, 0.2) is 191 Å². The minimum absolute atomic E-state index is 0.149. The number of rotatable bonds is 6. The van der Waals surface area contributed by atoms with Crippen LogP contribution in [0.3, 0.4) is 0 Å². The van der Waals surface area contributed by atoms with Crippen molar-refractivity contribution in [2.75, 3.05) is 4.90 Å². The predicted molar refractivity (Wildman–Crippen MR) is 250 cm³/mol. The van der Waals surface area contributed by atoms with Gasteiger partial charge in [-0.05, 0) is 89.8 Å². The third-order valence-electron chi connectivity index (χ3n) is 12.7. The Balaban J connectivity index is 1.01. The predicted octanol–water partition coefficient (Wildman–Crippen LogP) is 15.4. The fraction of sp³-hybridized carbons (Fsp3) is 0.0714. The Labute approximate surface area is 353 Å². The monoisotopic (exact) mass is 785 g/mol. The molecule has 0 N–H and O–H groups in total. The molecule has 1 aliphatic rings. The van der Waals surface area contributed by atoms with E-state index in [0.717, 1.165) is 94.6 Å². The summed E-state index contributed by atoms with van der Waals surface area (Å²) in [5.74, 6) is 0.653. The molecule has 11 aromatic rings. The zero-order chi connectivity index (χ0) is 40.8. The van der Waals surface area contributed by atoms with Crippen LogP contribution < -0.4 is 4.90 Å². The first-order chi connectivity index (χ1) is 29.9. The lowest BCUT2D eigenvalue weighted by molar-refractivity contribution is 0.660. The maximum atomic E-state index is 6.64. The Bertz CT molecular complexity index is 3470. The number of para-hydroxylation sites is 1. The smallest absolute Gasteiger partial charge is 0.160 e. The molecule has 0 saturated carbocycles. The first-order valence-corrected chi connectivity index (χ1v) is 20.8. The summed E-state index contributed by atoms with van der Waals surface area (Å²) in [4.78, 5) is 12.7. The zero-order valence-electron chi connectivity index (χ0n) is 34.0. The largest absolute Gasteiger partial charge is 0.456 e. The molecule has 61 heavy (non-hydrogen) atoms. The van der Waals surface area contributed by atoms with Crippen LogP contribution in [0.2, 0.25) is 0 Å². The lowest BCUT2D eigenvalue weighted by Crippen LogP contribution is -2.16. The highest BCUT2D eigenvalue weighted by Crippen LogP contribution is 2.51. The number of hydrogen-bond donors (Lipinski definition) is 0. The minimum atomic E-state index is -0.149. The van der Waals surface area contributed by atoms with Crippen molar-refractivity contribution in [3.05, 3.63) is 199 Å². The van der Waals surface area contributed by atoms with Gasteiger partial charge in [-0.15, -0.1) is 0 Å². The van der Waals surface area contributed by atoms with Gasteiger partial charge >= 0.3 is 0 Å². The molecule has 3 heterocycles. The molecule has 0 saturated heterocycles. The normalized spacial score (nSPS) is 13.0. The van der Waals surface area contributed by atoms with E-state index in [9.17, 15) is 0 Å². The summed E-state index contributed by atoms with van der Waals surface area (Å²) < 4.78 is 13.1. The molecule has 5 heteroatoms. The number of fused-ring (bicyclic) bond motifs is 9. The van der Waals surface area contributed by atoms with Gasteiger partial charge in [0.2, 0.25) is 0 Å². The highest BCUT2D eigenvalue weighted by atomic mass is 16.3. The average molecular weight is 786 g/mol. The summed E-state index contributed by atoms with van der Waals surface area (Å²) in [7, 11) is 0. The van der Waals surface area contributed by atoms with Crippen molar-refractivity contribution in [2.24, 2.45) is 0 Å². The van der Waals surface area contributed by atoms with Gasteiger partial charge in [0.25, 0.3) is 0 Å². The van der Waals surface area contributed by atoms with E-state index < -0.39 is 0 Å². The average Bonchev–Trinajstić information content (AvgIpc) is 3.93. The first-order valence-electron chi connectivity index (χ1n) is 20.8. The van der Waals surface area contributed by atoms with Crippen LogP contribution >= 0.6 is 0 Å². The summed E-state index contributed by atoms with van der Waals surface area (Å²) in [6.07, 6.45) is 0. The van der Waals surface area contributed by atoms with Crippen molar-refractivity contribution in [1.29, 1.82) is 0 Å². The van der Waals surface area contributed by atoms with Gasteiger partial charge in [0.05, 0.1) is 11.4 Å². The topological polar surface area (TPSA) is 55.3 Å². The van der Waals surface area contributed by atoms with E-state index in [4.69, 9.17) is 18.8 Å². The molecule has 3 aromatic heterocycles. The van der Waals surface area contributed by atoms with Gasteiger partial charge in [-0.25, -0.2) is 9.97 Å². The van der Waals surface area contributed by atoms with E-state index in [2.05, 4.69) is 183 Å². The molecule has 0 radical (unpaired) electrons. The number of benzene rings is 8. The van der Waals surface area contributed by atoms with Crippen LogP contribution in [0.1, 0.15) is 30.5 Å². The van der Waals surface area contributed by atoms with Crippen LogP contribution in [0.5, 0.6) is 0 Å². The molecule has 1 aliphatic carbocycles. The zero-order valence-corrected chi connectivity index (χ0v) is 34.0.